The van der Waals surface area contributed by atoms with Gasteiger partial charge < -0.3 is 10.1 Å². The Balaban J connectivity index is 1.85. The number of nitrogens with zero attached hydrogens (tertiary/aromatic N) is 2. The van der Waals surface area contributed by atoms with Crippen LogP contribution in [0.1, 0.15) is 32.1 Å². The van der Waals surface area contributed by atoms with Crippen molar-refractivity contribution in [2.75, 3.05) is 38.2 Å². The van der Waals surface area contributed by atoms with Crippen molar-refractivity contribution in [3.63, 3.8) is 0 Å². The van der Waals surface area contributed by atoms with Crippen LogP contribution in [0.15, 0.2) is 23.1 Å². The van der Waals surface area contributed by atoms with E-state index in [-0.39, 0.29) is 16.1 Å². The maximum Gasteiger partial charge on any atom is 0.270 e. The predicted octanol–water partition coefficient (Wildman–Crippen LogP) is 1.69. The summed E-state index contributed by atoms with van der Waals surface area (Å²) in [6.07, 6.45) is 5.50. The molecule has 150 valence electrons. The first-order valence-electron chi connectivity index (χ1n) is 9.20. The molecule has 1 heterocycles. The van der Waals surface area contributed by atoms with Crippen LogP contribution in [0.3, 0.4) is 0 Å². The first-order valence-corrected chi connectivity index (χ1v) is 10.7. The Morgan fingerprint density at radius 2 is 1.89 bits per heavy atom. The molecule has 3 rings (SSSR count). The van der Waals surface area contributed by atoms with Crippen molar-refractivity contribution in [3.05, 3.63) is 28.3 Å². The van der Waals surface area contributed by atoms with Crippen molar-refractivity contribution in [2.24, 2.45) is 5.14 Å². The molecule has 10 heteroatoms. The summed E-state index contributed by atoms with van der Waals surface area (Å²) in [4.78, 5) is 12.5. The van der Waals surface area contributed by atoms with Crippen molar-refractivity contribution >= 4 is 21.4 Å². The number of nitro benzene ring substituents is 1. The number of hydrogen-bond donors (Lipinski definition) is 2. The monoisotopic (exact) mass is 398 g/mol. The minimum absolute atomic E-state index is 0.0700. The van der Waals surface area contributed by atoms with Crippen LogP contribution in [0.2, 0.25) is 0 Å². The number of primary sulfonamides is 1. The fourth-order valence-electron chi connectivity index (χ4n) is 4.12. The van der Waals surface area contributed by atoms with Crippen LogP contribution in [-0.2, 0) is 14.8 Å². The fourth-order valence-corrected chi connectivity index (χ4v) is 4.85. The zero-order chi connectivity index (χ0) is 19.5. The predicted molar refractivity (Wildman–Crippen MR) is 101 cm³/mol. The SMILES string of the molecule is NS(=O)(=O)c1cc([N+](=O)[O-])ccc1NCC1(N2CCOCC2)CCCCC1. The standard InChI is InChI=1S/C17H26N4O5S/c18-27(24,25)16-12-14(21(22)23)4-5-15(16)19-13-17(6-2-1-3-7-17)20-8-10-26-11-9-20/h4-5,12,19H,1-3,6-11,13H2,(H2,18,24,25). The van der Waals surface area contributed by atoms with Gasteiger partial charge in [-0.2, -0.15) is 0 Å². The number of nitro groups is 1. The molecule has 0 atom stereocenters. The molecule has 0 aromatic heterocycles. The number of benzene rings is 1. The van der Waals surface area contributed by atoms with Crippen molar-refractivity contribution in [2.45, 2.75) is 42.5 Å². The summed E-state index contributed by atoms with van der Waals surface area (Å²) in [7, 11) is -4.09. The van der Waals surface area contributed by atoms with E-state index in [1.807, 2.05) is 0 Å². The zero-order valence-electron chi connectivity index (χ0n) is 15.2. The lowest BCUT2D eigenvalue weighted by Crippen LogP contribution is -2.58. The Hall–Kier alpha value is -1.75. The largest absolute Gasteiger partial charge is 0.382 e. The molecule has 0 bridgehead atoms. The van der Waals surface area contributed by atoms with E-state index in [0.29, 0.717) is 25.4 Å². The molecule has 9 nitrogen and oxygen atoms in total. The molecule has 2 aliphatic rings. The van der Waals surface area contributed by atoms with Gasteiger partial charge in [0.1, 0.15) is 4.90 Å². The maximum absolute atomic E-state index is 11.9. The molecule has 0 spiro atoms. The summed E-state index contributed by atoms with van der Waals surface area (Å²) in [5, 5.41) is 19.5. The van der Waals surface area contributed by atoms with E-state index in [2.05, 4.69) is 10.2 Å². The smallest absolute Gasteiger partial charge is 0.270 e. The number of sulfonamides is 1. The van der Waals surface area contributed by atoms with Gasteiger partial charge in [0, 0.05) is 37.3 Å². The van der Waals surface area contributed by atoms with E-state index < -0.39 is 14.9 Å². The molecule has 1 saturated carbocycles. The lowest BCUT2D eigenvalue weighted by molar-refractivity contribution is -0.385. The molecular weight excluding hydrogens is 372 g/mol. The fraction of sp³-hybridized carbons (Fsp3) is 0.647. The molecule has 1 aromatic carbocycles. The second-order valence-corrected chi connectivity index (χ2v) is 8.75. The number of rotatable bonds is 6. The normalized spacial score (nSPS) is 20.9. The first-order chi connectivity index (χ1) is 12.8. The van der Waals surface area contributed by atoms with E-state index in [0.717, 1.165) is 44.8 Å². The number of anilines is 1. The Morgan fingerprint density at radius 1 is 1.22 bits per heavy atom. The Morgan fingerprint density at radius 3 is 2.48 bits per heavy atom. The van der Waals surface area contributed by atoms with Crippen LogP contribution in [0, 0.1) is 10.1 Å². The van der Waals surface area contributed by atoms with Gasteiger partial charge in [-0.1, -0.05) is 19.3 Å². The average molecular weight is 398 g/mol. The second-order valence-electron chi connectivity index (χ2n) is 7.22. The highest BCUT2D eigenvalue weighted by Gasteiger charge is 2.38. The molecule has 1 saturated heterocycles. The van der Waals surface area contributed by atoms with Gasteiger partial charge in [0.2, 0.25) is 10.0 Å². The first kappa shape index (κ1) is 20.0. The highest BCUT2D eigenvalue weighted by Crippen LogP contribution is 2.35. The van der Waals surface area contributed by atoms with Crippen LogP contribution in [-0.4, -0.2) is 56.6 Å². The molecule has 0 unspecified atom stereocenters. The van der Waals surface area contributed by atoms with Crippen LogP contribution in [0.5, 0.6) is 0 Å². The Kier molecular flexibility index (Phi) is 5.99. The van der Waals surface area contributed by atoms with Gasteiger partial charge in [0.15, 0.2) is 0 Å². The summed E-state index contributed by atoms with van der Waals surface area (Å²) < 4.78 is 29.4. The van der Waals surface area contributed by atoms with Crippen molar-refractivity contribution in [1.82, 2.24) is 4.90 Å². The molecular formula is C17H26N4O5S. The number of nitrogens with one attached hydrogen (secondary N) is 1. The number of nitrogens with two attached hydrogens (primary N) is 1. The third-order valence-electron chi connectivity index (χ3n) is 5.56. The van der Waals surface area contributed by atoms with Gasteiger partial charge in [0.25, 0.3) is 5.69 Å². The van der Waals surface area contributed by atoms with Crippen molar-refractivity contribution < 1.29 is 18.1 Å². The number of hydrogen-bond acceptors (Lipinski definition) is 7. The highest BCUT2D eigenvalue weighted by molar-refractivity contribution is 7.89. The lowest BCUT2D eigenvalue weighted by atomic mass is 9.79. The van der Waals surface area contributed by atoms with Crippen molar-refractivity contribution in [3.8, 4) is 0 Å². The summed E-state index contributed by atoms with van der Waals surface area (Å²) in [5.41, 5.74) is -0.0640. The van der Waals surface area contributed by atoms with Gasteiger partial charge in [-0.25, -0.2) is 13.6 Å². The molecule has 1 aliphatic carbocycles. The summed E-state index contributed by atoms with van der Waals surface area (Å²) in [6, 6.07) is 3.73. The van der Waals surface area contributed by atoms with Gasteiger partial charge in [-0.3, -0.25) is 15.0 Å². The summed E-state index contributed by atoms with van der Waals surface area (Å²) in [5.74, 6) is 0. The summed E-state index contributed by atoms with van der Waals surface area (Å²) >= 11 is 0. The van der Waals surface area contributed by atoms with E-state index >= 15 is 0 Å². The van der Waals surface area contributed by atoms with Crippen molar-refractivity contribution in [1.29, 1.82) is 0 Å². The van der Waals surface area contributed by atoms with Gasteiger partial charge in [-0.15, -0.1) is 0 Å². The third kappa shape index (κ3) is 4.57. The maximum atomic E-state index is 11.9. The van der Waals surface area contributed by atoms with E-state index in [4.69, 9.17) is 9.88 Å². The van der Waals surface area contributed by atoms with Crippen LogP contribution in [0.25, 0.3) is 0 Å². The third-order valence-corrected chi connectivity index (χ3v) is 6.51. The second kappa shape index (κ2) is 8.09. The van der Waals surface area contributed by atoms with E-state index in [1.54, 1.807) is 0 Å². The molecule has 3 N–H and O–H groups in total. The van der Waals surface area contributed by atoms with E-state index in [9.17, 15) is 18.5 Å². The van der Waals surface area contributed by atoms with Crippen LogP contribution < -0.4 is 10.5 Å². The van der Waals surface area contributed by atoms with Crippen LogP contribution >= 0.6 is 0 Å². The minimum atomic E-state index is -4.09. The molecule has 27 heavy (non-hydrogen) atoms. The van der Waals surface area contributed by atoms with Crippen LogP contribution in [0.4, 0.5) is 11.4 Å². The van der Waals surface area contributed by atoms with Gasteiger partial charge >= 0.3 is 0 Å². The molecule has 0 radical (unpaired) electrons. The molecule has 1 aliphatic heterocycles. The number of non-ortho nitro benzene ring substituents is 1. The number of ether oxygens (including phenoxy) is 1. The van der Waals surface area contributed by atoms with Gasteiger partial charge in [0.05, 0.1) is 23.8 Å². The number of morpholine rings is 1. The Bertz CT molecular complexity index is 787. The average Bonchev–Trinajstić information content (AvgIpc) is 2.67. The lowest BCUT2D eigenvalue weighted by Gasteiger charge is -2.48. The highest BCUT2D eigenvalue weighted by atomic mass is 32.2. The summed E-state index contributed by atoms with van der Waals surface area (Å²) in [6.45, 7) is 3.66. The zero-order valence-corrected chi connectivity index (χ0v) is 16.0. The quantitative estimate of drug-likeness (QED) is 0.551. The topological polar surface area (TPSA) is 128 Å². The molecule has 2 fully saturated rings. The van der Waals surface area contributed by atoms with E-state index in [1.165, 1.54) is 18.6 Å². The molecule has 0 amide bonds. The van der Waals surface area contributed by atoms with Gasteiger partial charge in [-0.05, 0) is 18.9 Å². The Labute approximate surface area is 159 Å². The minimum Gasteiger partial charge on any atom is -0.382 e. The molecule has 1 aromatic rings.